The van der Waals surface area contributed by atoms with Crippen molar-refractivity contribution >= 4 is 0 Å². The highest BCUT2D eigenvalue weighted by atomic mass is 16.5. The fourth-order valence-corrected chi connectivity index (χ4v) is 2.49. The summed E-state index contributed by atoms with van der Waals surface area (Å²) in [6.45, 7) is 0. The van der Waals surface area contributed by atoms with Crippen molar-refractivity contribution < 1.29 is 19.3 Å². The largest absolute Gasteiger partial charge is 0.502 e. The number of hydrogen-bond acceptors (Lipinski definition) is 5. The lowest BCUT2D eigenvalue weighted by atomic mass is 10.1. The molecule has 3 rings (SSSR count). The van der Waals surface area contributed by atoms with E-state index in [4.69, 9.17) is 14.2 Å². The molecule has 1 heterocycles. The van der Waals surface area contributed by atoms with Gasteiger partial charge in [0, 0.05) is 23.6 Å². The van der Waals surface area contributed by atoms with Crippen LogP contribution in [0.4, 0.5) is 0 Å². The zero-order valence-corrected chi connectivity index (χ0v) is 13.7. The minimum atomic E-state index is -0.0358. The number of imidazole rings is 1. The molecule has 0 unspecified atom stereocenters. The molecule has 0 aliphatic carbocycles. The Kier molecular flexibility index (Phi) is 4.29. The SMILES string of the molecule is COc1ccc(-n2ccnc2-c2cc(OC)c(O)c(OC)c2)cc1. The van der Waals surface area contributed by atoms with Gasteiger partial charge in [0.05, 0.1) is 21.3 Å². The summed E-state index contributed by atoms with van der Waals surface area (Å²) < 4.78 is 17.6. The van der Waals surface area contributed by atoms with Gasteiger partial charge >= 0.3 is 0 Å². The van der Waals surface area contributed by atoms with Crippen molar-refractivity contribution in [3.8, 4) is 40.1 Å². The first kappa shape index (κ1) is 15.7. The highest BCUT2D eigenvalue weighted by Crippen LogP contribution is 2.40. The third-order valence-electron chi connectivity index (χ3n) is 3.73. The number of phenolic OH excluding ortho intramolecular Hbond substituents is 1. The van der Waals surface area contributed by atoms with Crippen molar-refractivity contribution in [2.24, 2.45) is 0 Å². The van der Waals surface area contributed by atoms with E-state index < -0.39 is 0 Å². The van der Waals surface area contributed by atoms with Crippen LogP contribution in [0.5, 0.6) is 23.0 Å². The molecule has 6 heteroatoms. The molecule has 0 bridgehead atoms. The number of hydrogen-bond donors (Lipinski definition) is 1. The maximum Gasteiger partial charge on any atom is 0.200 e. The quantitative estimate of drug-likeness (QED) is 0.779. The van der Waals surface area contributed by atoms with Crippen molar-refractivity contribution in [3.63, 3.8) is 0 Å². The third kappa shape index (κ3) is 2.74. The topological polar surface area (TPSA) is 65.7 Å². The molecule has 0 fully saturated rings. The van der Waals surface area contributed by atoms with Crippen LogP contribution >= 0.6 is 0 Å². The Morgan fingerprint density at radius 2 is 1.54 bits per heavy atom. The van der Waals surface area contributed by atoms with E-state index in [9.17, 15) is 5.11 Å². The summed E-state index contributed by atoms with van der Waals surface area (Å²) in [7, 11) is 4.62. The van der Waals surface area contributed by atoms with E-state index in [1.807, 2.05) is 35.0 Å². The third-order valence-corrected chi connectivity index (χ3v) is 3.73. The second-order valence-corrected chi connectivity index (χ2v) is 5.05. The minimum Gasteiger partial charge on any atom is -0.502 e. The van der Waals surface area contributed by atoms with Crippen LogP contribution in [0.2, 0.25) is 0 Å². The van der Waals surface area contributed by atoms with Crippen molar-refractivity contribution in [1.29, 1.82) is 0 Å². The fraction of sp³-hybridized carbons (Fsp3) is 0.167. The predicted octanol–water partition coefficient (Wildman–Crippen LogP) is 3.27. The molecule has 124 valence electrons. The zero-order chi connectivity index (χ0) is 17.1. The van der Waals surface area contributed by atoms with Gasteiger partial charge in [-0.1, -0.05) is 0 Å². The first-order valence-corrected chi connectivity index (χ1v) is 7.31. The van der Waals surface area contributed by atoms with Crippen molar-refractivity contribution in [2.75, 3.05) is 21.3 Å². The highest BCUT2D eigenvalue weighted by molar-refractivity contribution is 5.68. The van der Waals surface area contributed by atoms with E-state index in [0.717, 1.165) is 17.0 Å². The van der Waals surface area contributed by atoms with Gasteiger partial charge in [0.25, 0.3) is 0 Å². The maximum absolute atomic E-state index is 10.1. The summed E-state index contributed by atoms with van der Waals surface area (Å²) in [4.78, 5) is 4.42. The molecule has 3 aromatic rings. The molecular weight excluding hydrogens is 308 g/mol. The van der Waals surface area contributed by atoms with Gasteiger partial charge in [-0.3, -0.25) is 4.57 Å². The Bertz CT molecular complexity index is 815. The number of aromatic hydroxyl groups is 1. The summed E-state index contributed by atoms with van der Waals surface area (Å²) in [6, 6.07) is 11.1. The van der Waals surface area contributed by atoms with Crippen LogP contribution in [0.3, 0.4) is 0 Å². The van der Waals surface area contributed by atoms with Gasteiger partial charge in [-0.2, -0.15) is 0 Å². The molecule has 24 heavy (non-hydrogen) atoms. The lowest BCUT2D eigenvalue weighted by Gasteiger charge is -2.13. The molecule has 1 aromatic heterocycles. The number of nitrogens with zero attached hydrogens (tertiary/aromatic N) is 2. The monoisotopic (exact) mass is 326 g/mol. The number of ether oxygens (including phenoxy) is 3. The van der Waals surface area contributed by atoms with Gasteiger partial charge in [-0.25, -0.2) is 4.98 Å². The van der Waals surface area contributed by atoms with Crippen molar-refractivity contribution in [1.82, 2.24) is 9.55 Å². The molecule has 0 saturated heterocycles. The normalized spacial score (nSPS) is 10.5. The Labute approximate surface area is 139 Å². The van der Waals surface area contributed by atoms with Gasteiger partial charge in [0.2, 0.25) is 5.75 Å². The van der Waals surface area contributed by atoms with Crippen molar-refractivity contribution in [3.05, 3.63) is 48.8 Å². The molecule has 0 saturated carbocycles. The standard InChI is InChI=1S/C18H18N2O4/c1-22-14-6-4-13(5-7-14)20-9-8-19-18(20)12-10-15(23-2)17(21)16(11-12)24-3/h4-11,21H,1-3H3. The molecule has 6 nitrogen and oxygen atoms in total. The molecule has 0 radical (unpaired) electrons. The van der Waals surface area contributed by atoms with Crippen LogP contribution in [0, 0.1) is 0 Å². The smallest absolute Gasteiger partial charge is 0.200 e. The Morgan fingerprint density at radius 1 is 0.917 bits per heavy atom. The summed E-state index contributed by atoms with van der Waals surface area (Å²) in [6.07, 6.45) is 3.58. The number of phenols is 1. The molecule has 0 amide bonds. The Hall–Kier alpha value is -3.15. The van der Waals surface area contributed by atoms with Gasteiger partial charge in [0.15, 0.2) is 11.5 Å². The summed E-state index contributed by atoms with van der Waals surface area (Å²) >= 11 is 0. The number of rotatable bonds is 5. The molecule has 0 aliphatic rings. The van der Waals surface area contributed by atoms with E-state index in [1.165, 1.54) is 14.2 Å². The molecule has 2 aromatic carbocycles. The van der Waals surface area contributed by atoms with E-state index in [0.29, 0.717) is 17.3 Å². The molecule has 0 atom stereocenters. The Balaban J connectivity index is 2.10. The minimum absolute atomic E-state index is 0.0358. The molecule has 0 aliphatic heterocycles. The van der Waals surface area contributed by atoms with Crippen LogP contribution in [0.25, 0.3) is 17.1 Å². The van der Waals surface area contributed by atoms with E-state index >= 15 is 0 Å². The van der Waals surface area contributed by atoms with Crippen LogP contribution in [-0.2, 0) is 0 Å². The summed E-state index contributed by atoms with van der Waals surface area (Å²) in [5, 5.41) is 10.1. The lowest BCUT2D eigenvalue weighted by molar-refractivity contribution is 0.340. The highest BCUT2D eigenvalue weighted by Gasteiger charge is 2.15. The first-order chi connectivity index (χ1) is 11.7. The summed E-state index contributed by atoms with van der Waals surface area (Å²) in [5.74, 6) is 2.11. The zero-order valence-electron chi connectivity index (χ0n) is 13.7. The van der Waals surface area contributed by atoms with Gasteiger partial charge in [-0.15, -0.1) is 0 Å². The predicted molar refractivity (Wildman–Crippen MR) is 90.3 cm³/mol. The van der Waals surface area contributed by atoms with Crippen LogP contribution < -0.4 is 14.2 Å². The van der Waals surface area contributed by atoms with Crippen LogP contribution in [0.1, 0.15) is 0 Å². The van der Waals surface area contributed by atoms with Crippen LogP contribution in [-0.4, -0.2) is 36.0 Å². The molecular formula is C18H18N2O4. The van der Waals surface area contributed by atoms with Crippen LogP contribution in [0.15, 0.2) is 48.8 Å². The van der Waals surface area contributed by atoms with Gasteiger partial charge in [0.1, 0.15) is 11.6 Å². The number of aromatic nitrogens is 2. The lowest BCUT2D eigenvalue weighted by Crippen LogP contribution is -1.98. The summed E-state index contributed by atoms with van der Waals surface area (Å²) in [5.41, 5.74) is 1.71. The maximum atomic E-state index is 10.1. The Morgan fingerprint density at radius 3 is 2.08 bits per heavy atom. The molecule has 1 N–H and O–H groups in total. The second kappa shape index (κ2) is 6.54. The van der Waals surface area contributed by atoms with Gasteiger partial charge in [-0.05, 0) is 36.4 Å². The second-order valence-electron chi connectivity index (χ2n) is 5.05. The molecule has 0 spiro atoms. The van der Waals surface area contributed by atoms with E-state index in [1.54, 1.807) is 25.4 Å². The number of methoxy groups -OCH3 is 3. The first-order valence-electron chi connectivity index (χ1n) is 7.31. The van der Waals surface area contributed by atoms with Crippen molar-refractivity contribution in [2.45, 2.75) is 0 Å². The average molecular weight is 326 g/mol. The fourth-order valence-electron chi connectivity index (χ4n) is 2.49. The average Bonchev–Trinajstić information content (AvgIpc) is 3.11. The number of benzene rings is 2. The van der Waals surface area contributed by atoms with E-state index in [2.05, 4.69) is 4.98 Å². The van der Waals surface area contributed by atoms with Gasteiger partial charge < -0.3 is 19.3 Å². The van der Waals surface area contributed by atoms with E-state index in [-0.39, 0.29) is 5.75 Å².